The average molecular weight is 200 g/mol. The molecule has 3 nitrogen and oxygen atoms in total. The summed E-state index contributed by atoms with van der Waals surface area (Å²) >= 11 is 0. The number of nitrogen functional groups attached to an aromatic ring is 1. The number of rotatable bonds is 3. The van der Waals surface area contributed by atoms with E-state index >= 15 is 0 Å². The standard InChI is InChI=1S/C12H12N2O/c13-11-6-7-14-12(8-11)15-9-10-4-2-1-3-5-10/h1-8H,9H2,(H2,13,14). The maximum absolute atomic E-state index is 5.61. The van der Waals surface area contributed by atoms with Crippen LogP contribution >= 0.6 is 0 Å². The molecular formula is C12H12N2O. The molecule has 0 aliphatic heterocycles. The van der Waals surface area contributed by atoms with Crippen molar-refractivity contribution in [3.63, 3.8) is 0 Å². The van der Waals surface area contributed by atoms with Gasteiger partial charge in [0.05, 0.1) is 0 Å². The van der Waals surface area contributed by atoms with E-state index in [1.165, 1.54) is 0 Å². The zero-order chi connectivity index (χ0) is 10.5. The Morgan fingerprint density at radius 3 is 2.67 bits per heavy atom. The van der Waals surface area contributed by atoms with Gasteiger partial charge in [0, 0.05) is 18.0 Å². The van der Waals surface area contributed by atoms with Crippen molar-refractivity contribution in [2.75, 3.05) is 5.73 Å². The summed E-state index contributed by atoms with van der Waals surface area (Å²) < 4.78 is 5.48. The predicted molar refractivity (Wildman–Crippen MR) is 59.4 cm³/mol. The summed E-state index contributed by atoms with van der Waals surface area (Å²) in [5.74, 6) is 0.554. The Morgan fingerprint density at radius 2 is 1.93 bits per heavy atom. The monoisotopic (exact) mass is 200 g/mol. The van der Waals surface area contributed by atoms with E-state index in [-0.39, 0.29) is 0 Å². The van der Waals surface area contributed by atoms with Crippen molar-refractivity contribution in [1.82, 2.24) is 4.98 Å². The molecule has 76 valence electrons. The molecule has 0 unspecified atom stereocenters. The van der Waals surface area contributed by atoms with Gasteiger partial charge < -0.3 is 10.5 Å². The number of nitrogens with zero attached hydrogens (tertiary/aromatic N) is 1. The van der Waals surface area contributed by atoms with Crippen LogP contribution in [-0.4, -0.2) is 4.98 Å². The molecule has 0 saturated heterocycles. The molecule has 0 fully saturated rings. The highest BCUT2D eigenvalue weighted by atomic mass is 16.5. The second kappa shape index (κ2) is 4.46. The Labute approximate surface area is 88.5 Å². The molecule has 2 aromatic rings. The van der Waals surface area contributed by atoms with Gasteiger partial charge in [0.15, 0.2) is 0 Å². The van der Waals surface area contributed by atoms with Gasteiger partial charge in [0.2, 0.25) is 5.88 Å². The third kappa shape index (κ3) is 2.71. The number of benzene rings is 1. The third-order valence-corrected chi connectivity index (χ3v) is 1.99. The van der Waals surface area contributed by atoms with Gasteiger partial charge in [0.1, 0.15) is 6.61 Å². The van der Waals surface area contributed by atoms with Gasteiger partial charge in [-0.15, -0.1) is 0 Å². The maximum atomic E-state index is 5.61. The topological polar surface area (TPSA) is 48.1 Å². The number of hydrogen-bond donors (Lipinski definition) is 1. The molecule has 0 amide bonds. The summed E-state index contributed by atoms with van der Waals surface area (Å²) in [5.41, 5.74) is 7.38. The van der Waals surface area contributed by atoms with Gasteiger partial charge in [-0.2, -0.15) is 0 Å². The van der Waals surface area contributed by atoms with Crippen LogP contribution in [-0.2, 0) is 6.61 Å². The first-order valence-electron chi connectivity index (χ1n) is 4.73. The minimum atomic E-state index is 0.511. The van der Waals surface area contributed by atoms with Crippen molar-refractivity contribution in [2.45, 2.75) is 6.61 Å². The minimum absolute atomic E-state index is 0.511. The SMILES string of the molecule is Nc1ccnc(OCc2ccccc2)c1. The van der Waals surface area contributed by atoms with E-state index in [1.54, 1.807) is 18.3 Å². The molecule has 0 atom stereocenters. The minimum Gasteiger partial charge on any atom is -0.473 e. The van der Waals surface area contributed by atoms with E-state index in [1.807, 2.05) is 30.3 Å². The van der Waals surface area contributed by atoms with Crippen molar-refractivity contribution < 1.29 is 4.74 Å². The lowest BCUT2D eigenvalue weighted by molar-refractivity contribution is 0.294. The number of pyridine rings is 1. The van der Waals surface area contributed by atoms with E-state index in [9.17, 15) is 0 Å². The fraction of sp³-hybridized carbons (Fsp3) is 0.0833. The lowest BCUT2D eigenvalue weighted by Gasteiger charge is -2.05. The van der Waals surface area contributed by atoms with Gasteiger partial charge in [-0.25, -0.2) is 4.98 Å². The molecule has 0 aliphatic carbocycles. The summed E-state index contributed by atoms with van der Waals surface area (Å²) in [7, 11) is 0. The van der Waals surface area contributed by atoms with Gasteiger partial charge in [0.25, 0.3) is 0 Å². The van der Waals surface area contributed by atoms with Gasteiger partial charge in [-0.1, -0.05) is 30.3 Å². The Kier molecular flexibility index (Phi) is 2.83. The molecule has 1 aromatic heterocycles. The molecule has 2 rings (SSSR count). The number of anilines is 1. The second-order valence-corrected chi connectivity index (χ2v) is 3.20. The van der Waals surface area contributed by atoms with Crippen LogP contribution in [0.5, 0.6) is 5.88 Å². The lowest BCUT2D eigenvalue weighted by Crippen LogP contribution is -1.97. The predicted octanol–water partition coefficient (Wildman–Crippen LogP) is 2.24. The van der Waals surface area contributed by atoms with E-state index in [0.717, 1.165) is 5.56 Å². The molecule has 0 bridgehead atoms. The molecular weight excluding hydrogens is 188 g/mol. The fourth-order valence-corrected chi connectivity index (χ4v) is 1.24. The maximum Gasteiger partial charge on any atom is 0.215 e. The molecule has 0 aliphatic rings. The molecule has 1 aromatic carbocycles. The number of ether oxygens (including phenoxy) is 1. The highest BCUT2D eigenvalue weighted by molar-refractivity contribution is 5.39. The Bertz CT molecular complexity index is 429. The molecule has 1 heterocycles. The van der Waals surface area contributed by atoms with Gasteiger partial charge in [-0.05, 0) is 11.6 Å². The number of nitrogens with two attached hydrogens (primary N) is 1. The summed E-state index contributed by atoms with van der Waals surface area (Å²) in [4.78, 5) is 4.05. The molecule has 0 saturated carbocycles. The average Bonchev–Trinajstić information content (AvgIpc) is 2.28. The van der Waals surface area contributed by atoms with Crippen molar-refractivity contribution in [3.05, 3.63) is 54.2 Å². The number of aromatic nitrogens is 1. The Morgan fingerprint density at radius 1 is 1.13 bits per heavy atom. The third-order valence-electron chi connectivity index (χ3n) is 1.99. The van der Waals surface area contributed by atoms with E-state index in [0.29, 0.717) is 18.2 Å². The van der Waals surface area contributed by atoms with Crippen LogP contribution in [0.15, 0.2) is 48.7 Å². The highest BCUT2D eigenvalue weighted by Crippen LogP contribution is 2.12. The summed E-state index contributed by atoms with van der Waals surface area (Å²) in [5, 5.41) is 0. The lowest BCUT2D eigenvalue weighted by atomic mass is 10.2. The van der Waals surface area contributed by atoms with Crippen LogP contribution in [0.1, 0.15) is 5.56 Å². The van der Waals surface area contributed by atoms with Crippen molar-refractivity contribution >= 4 is 5.69 Å². The van der Waals surface area contributed by atoms with Crippen LogP contribution < -0.4 is 10.5 Å². The van der Waals surface area contributed by atoms with Crippen LogP contribution in [0, 0.1) is 0 Å². The van der Waals surface area contributed by atoms with Crippen LogP contribution in [0.25, 0.3) is 0 Å². The largest absolute Gasteiger partial charge is 0.473 e. The fourth-order valence-electron chi connectivity index (χ4n) is 1.24. The molecule has 0 spiro atoms. The van der Waals surface area contributed by atoms with Crippen LogP contribution in [0.3, 0.4) is 0 Å². The second-order valence-electron chi connectivity index (χ2n) is 3.20. The van der Waals surface area contributed by atoms with E-state index in [4.69, 9.17) is 10.5 Å². The molecule has 3 heteroatoms. The smallest absolute Gasteiger partial charge is 0.215 e. The zero-order valence-electron chi connectivity index (χ0n) is 8.26. The van der Waals surface area contributed by atoms with Crippen molar-refractivity contribution in [1.29, 1.82) is 0 Å². The van der Waals surface area contributed by atoms with Crippen LogP contribution in [0.2, 0.25) is 0 Å². The van der Waals surface area contributed by atoms with Crippen molar-refractivity contribution in [3.8, 4) is 5.88 Å². The van der Waals surface area contributed by atoms with E-state index in [2.05, 4.69) is 4.98 Å². The Hall–Kier alpha value is -2.03. The van der Waals surface area contributed by atoms with Gasteiger partial charge in [-0.3, -0.25) is 0 Å². The highest BCUT2D eigenvalue weighted by Gasteiger charge is 1.96. The normalized spacial score (nSPS) is 9.87. The molecule has 15 heavy (non-hydrogen) atoms. The zero-order valence-corrected chi connectivity index (χ0v) is 8.26. The summed E-state index contributed by atoms with van der Waals surface area (Å²) in [6.45, 7) is 0.511. The first kappa shape index (κ1) is 9.52. The molecule has 2 N–H and O–H groups in total. The number of hydrogen-bond acceptors (Lipinski definition) is 3. The summed E-state index contributed by atoms with van der Waals surface area (Å²) in [6.07, 6.45) is 1.63. The summed E-state index contributed by atoms with van der Waals surface area (Å²) in [6, 6.07) is 13.4. The van der Waals surface area contributed by atoms with E-state index < -0.39 is 0 Å². The van der Waals surface area contributed by atoms with Crippen LogP contribution in [0.4, 0.5) is 5.69 Å². The Balaban J connectivity index is 1.99. The quantitative estimate of drug-likeness (QED) is 0.826. The van der Waals surface area contributed by atoms with Gasteiger partial charge >= 0.3 is 0 Å². The first-order chi connectivity index (χ1) is 7.34. The van der Waals surface area contributed by atoms with Crippen molar-refractivity contribution in [2.24, 2.45) is 0 Å². The molecule has 0 radical (unpaired) electrons. The first-order valence-corrected chi connectivity index (χ1v) is 4.73.